The number of hydrogen-bond donors (Lipinski definition) is 1. The summed E-state index contributed by atoms with van der Waals surface area (Å²) in [6, 6.07) is 0. The molecule has 0 fully saturated rings. The van der Waals surface area contributed by atoms with Crippen molar-refractivity contribution in [3.63, 3.8) is 0 Å². The first-order valence-electron chi connectivity index (χ1n) is 11.1. The van der Waals surface area contributed by atoms with E-state index in [0.29, 0.717) is 0 Å². The van der Waals surface area contributed by atoms with Crippen molar-refractivity contribution in [1.82, 2.24) is 0 Å². The molecule has 0 heterocycles. The van der Waals surface area contributed by atoms with Gasteiger partial charge in [0.15, 0.2) is 0 Å². The van der Waals surface area contributed by atoms with Gasteiger partial charge in [0.2, 0.25) is 0 Å². The third-order valence-electron chi connectivity index (χ3n) is 4.12. The molecule has 0 saturated carbocycles. The molecule has 0 rings (SSSR count). The van der Waals surface area contributed by atoms with Crippen LogP contribution in [0.5, 0.6) is 0 Å². The molecule has 0 aromatic heterocycles. The van der Waals surface area contributed by atoms with Crippen molar-refractivity contribution < 1.29 is 57.5 Å². The molecule has 38 heavy (non-hydrogen) atoms. The van der Waals surface area contributed by atoms with Crippen molar-refractivity contribution in [1.29, 1.82) is 0 Å². The largest absolute Gasteiger partial charge is 0.462 e. The number of carbonyl (C=O) groups is 5. The zero-order valence-corrected chi connectivity index (χ0v) is 21.8. The maximum absolute atomic E-state index is 11.1. The van der Waals surface area contributed by atoms with Crippen LogP contribution in [0.25, 0.3) is 0 Å². The maximum Gasteiger partial charge on any atom is 0.330 e. The molecule has 212 valence electrons. The third-order valence-corrected chi connectivity index (χ3v) is 4.12. The number of ether oxygens (including phenoxy) is 6. The van der Waals surface area contributed by atoms with Gasteiger partial charge in [-0.1, -0.05) is 32.9 Å². The summed E-state index contributed by atoms with van der Waals surface area (Å²) >= 11 is 0. The Labute approximate surface area is 222 Å². The molecular weight excluding hydrogens is 504 g/mol. The van der Waals surface area contributed by atoms with Gasteiger partial charge in [-0.15, -0.1) is 0 Å². The van der Waals surface area contributed by atoms with Crippen LogP contribution in [0.4, 0.5) is 0 Å². The summed E-state index contributed by atoms with van der Waals surface area (Å²) in [7, 11) is 0. The molecule has 0 spiro atoms. The molecule has 2 unspecified atom stereocenters. The van der Waals surface area contributed by atoms with E-state index in [1.807, 2.05) is 0 Å². The van der Waals surface area contributed by atoms with Gasteiger partial charge in [-0.05, 0) is 13.8 Å². The third kappa shape index (κ3) is 18.3. The number of aliphatic hydroxyl groups is 1. The van der Waals surface area contributed by atoms with Gasteiger partial charge in [0.05, 0.1) is 24.7 Å². The molecule has 0 aromatic rings. The quantitative estimate of drug-likeness (QED) is 0.151. The molecule has 0 saturated heterocycles. The second-order valence-electron chi connectivity index (χ2n) is 7.52. The summed E-state index contributed by atoms with van der Waals surface area (Å²) in [6.45, 7) is 18.5. The van der Waals surface area contributed by atoms with Gasteiger partial charge in [0.1, 0.15) is 32.5 Å². The molecule has 1 N–H and O–H groups in total. The number of rotatable bonds is 18. The molecule has 0 radical (unpaired) electrons. The second-order valence-corrected chi connectivity index (χ2v) is 7.52. The highest BCUT2D eigenvalue weighted by molar-refractivity contribution is 5.82. The summed E-state index contributed by atoms with van der Waals surface area (Å²) < 4.78 is 29.5. The lowest BCUT2D eigenvalue weighted by molar-refractivity contribution is -0.159. The van der Waals surface area contributed by atoms with Crippen LogP contribution in [-0.2, 0) is 52.4 Å². The lowest BCUT2D eigenvalue weighted by Gasteiger charge is -2.29. The summed E-state index contributed by atoms with van der Waals surface area (Å²) in [4.78, 5) is 54.9. The number of aliphatic hydroxyl groups excluding tert-OH is 1. The Hall–Kier alpha value is -4.03. The van der Waals surface area contributed by atoms with Crippen molar-refractivity contribution in [2.75, 3.05) is 39.6 Å². The Morgan fingerprint density at radius 3 is 1.34 bits per heavy atom. The van der Waals surface area contributed by atoms with Gasteiger partial charge in [-0.25, -0.2) is 24.0 Å². The fraction of sp³-hybridized carbons (Fsp3) is 0.423. The van der Waals surface area contributed by atoms with Crippen LogP contribution >= 0.6 is 0 Å². The van der Waals surface area contributed by atoms with E-state index in [-0.39, 0.29) is 45.2 Å². The predicted octanol–water partition coefficient (Wildman–Crippen LogP) is 1.39. The standard InChI is InChI=1S/C14H18O7.C12H18O5/c1-4-11(16)19-8-14(7-15,9-20-12(17)5-2)10-21-13(18)6-3;1-5-11(13)16-7-9(3)15-8-10(4)17-12(14)6-2/h4-6,15H,1-3,7-10H2;5-6,9-10H,1-2,7-8H2,3-4H3. The fourth-order valence-corrected chi connectivity index (χ4v) is 2.00. The SMILES string of the molecule is C=CC(=O)OCC(C)OCC(C)OC(=O)C=C.C=CC(=O)OCC(CO)(COC(=O)C=C)COC(=O)C=C. The van der Waals surface area contributed by atoms with E-state index < -0.39 is 41.9 Å². The summed E-state index contributed by atoms with van der Waals surface area (Å²) in [5.74, 6) is -3.16. The lowest BCUT2D eigenvalue weighted by atomic mass is 9.92. The van der Waals surface area contributed by atoms with E-state index in [2.05, 4.69) is 32.9 Å². The van der Waals surface area contributed by atoms with Gasteiger partial charge in [-0.2, -0.15) is 0 Å². The average Bonchev–Trinajstić information content (AvgIpc) is 2.93. The minimum Gasteiger partial charge on any atom is -0.462 e. The fourth-order valence-electron chi connectivity index (χ4n) is 2.00. The molecule has 0 aliphatic rings. The summed E-state index contributed by atoms with van der Waals surface area (Å²) in [6.07, 6.45) is 4.34. The van der Waals surface area contributed by atoms with E-state index in [0.717, 1.165) is 30.4 Å². The van der Waals surface area contributed by atoms with Crippen molar-refractivity contribution >= 4 is 29.8 Å². The van der Waals surface area contributed by atoms with Crippen LogP contribution in [0.1, 0.15) is 13.8 Å². The molecule has 12 heteroatoms. The van der Waals surface area contributed by atoms with Crippen LogP contribution in [0.3, 0.4) is 0 Å². The monoisotopic (exact) mass is 540 g/mol. The number of esters is 5. The Kier molecular flexibility index (Phi) is 20.1. The Morgan fingerprint density at radius 2 is 1.00 bits per heavy atom. The van der Waals surface area contributed by atoms with E-state index >= 15 is 0 Å². The predicted molar refractivity (Wildman–Crippen MR) is 135 cm³/mol. The van der Waals surface area contributed by atoms with Crippen molar-refractivity contribution in [2.45, 2.75) is 26.1 Å². The van der Waals surface area contributed by atoms with E-state index in [9.17, 15) is 29.1 Å². The van der Waals surface area contributed by atoms with Gasteiger partial charge in [0, 0.05) is 30.4 Å². The van der Waals surface area contributed by atoms with Crippen LogP contribution in [0, 0.1) is 5.41 Å². The van der Waals surface area contributed by atoms with E-state index in [4.69, 9.17) is 28.4 Å². The lowest BCUT2D eigenvalue weighted by Crippen LogP contribution is -2.42. The highest BCUT2D eigenvalue weighted by atomic mass is 16.6. The Morgan fingerprint density at radius 1 is 0.632 bits per heavy atom. The van der Waals surface area contributed by atoms with Gasteiger partial charge in [0.25, 0.3) is 0 Å². The van der Waals surface area contributed by atoms with E-state index in [1.54, 1.807) is 13.8 Å². The summed E-state index contributed by atoms with van der Waals surface area (Å²) in [5.41, 5.74) is -1.28. The first-order chi connectivity index (χ1) is 17.9. The average molecular weight is 541 g/mol. The highest BCUT2D eigenvalue weighted by Gasteiger charge is 2.35. The van der Waals surface area contributed by atoms with E-state index in [1.165, 1.54) is 0 Å². The molecule has 0 bridgehead atoms. The van der Waals surface area contributed by atoms with Gasteiger partial charge in [-0.3, -0.25) is 0 Å². The van der Waals surface area contributed by atoms with Crippen molar-refractivity contribution in [3.05, 3.63) is 63.3 Å². The smallest absolute Gasteiger partial charge is 0.330 e. The van der Waals surface area contributed by atoms with Crippen LogP contribution in [-0.4, -0.2) is 86.8 Å². The number of hydrogen-bond acceptors (Lipinski definition) is 12. The van der Waals surface area contributed by atoms with Crippen LogP contribution < -0.4 is 0 Å². The molecule has 0 aliphatic carbocycles. The Balaban J connectivity index is 0. The van der Waals surface area contributed by atoms with Gasteiger partial charge >= 0.3 is 29.8 Å². The molecule has 0 aromatic carbocycles. The Bertz CT molecular complexity index is 785. The summed E-state index contributed by atoms with van der Waals surface area (Å²) in [5, 5.41) is 9.48. The maximum atomic E-state index is 11.1. The molecule has 0 aliphatic heterocycles. The second kappa shape index (κ2) is 21.1. The zero-order chi connectivity index (χ0) is 29.6. The number of carbonyl (C=O) groups excluding carboxylic acids is 5. The topological polar surface area (TPSA) is 161 Å². The van der Waals surface area contributed by atoms with Gasteiger partial charge < -0.3 is 33.5 Å². The molecule has 12 nitrogen and oxygen atoms in total. The molecule has 2 atom stereocenters. The van der Waals surface area contributed by atoms with Crippen molar-refractivity contribution in [2.24, 2.45) is 5.41 Å². The molecular formula is C26H36O12. The minimum absolute atomic E-state index is 0.132. The zero-order valence-electron chi connectivity index (χ0n) is 21.8. The van der Waals surface area contributed by atoms with Crippen LogP contribution in [0.2, 0.25) is 0 Å². The van der Waals surface area contributed by atoms with Crippen molar-refractivity contribution in [3.8, 4) is 0 Å². The normalized spacial score (nSPS) is 11.6. The van der Waals surface area contributed by atoms with Crippen LogP contribution in [0.15, 0.2) is 63.3 Å². The minimum atomic E-state index is -1.28. The first kappa shape index (κ1) is 36.1. The highest BCUT2D eigenvalue weighted by Crippen LogP contribution is 2.19. The molecule has 0 amide bonds. The first-order valence-corrected chi connectivity index (χ1v) is 11.1.